The molecule has 0 aromatic heterocycles. The average molecular weight is 250 g/mol. The Bertz CT molecular complexity index is 391. The highest BCUT2D eigenvalue weighted by molar-refractivity contribution is 5.81. The topological polar surface area (TPSA) is 75.4 Å². The average Bonchev–Trinajstić information content (AvgIpc) is 2.35. The number of rotatable bonds is 6. The predicted octanol–water partition coefficient (Wildman–Crippen LogP) is 1.17. The normalized spacial score (nSPS) is 12.5. The largest absolute Gasteiger partial charge is 0.392 e. The number of benzene rings is 1. The van der Waals surface area contributed by atoms with Gasteiger partial charge in [0.2, 0.25) is 5.91 Å². The van der Waals surface area contributed by atoms with Crippen LogP contribution in [0.1, 0.15) is 31.4 Å². The van der Waals surface area contributed by atoms with E-state index in [1.807, 2.05) is 38.1 Å². The fourth-order valence-corrected chi connectivity index (χ4v) is 1.77. The van der Waals surface area contributed by atoms with Gasteiger partial charge in [0.15, 0.2) is 0 Å². The molecule has 18 heavy (non-hydrogen) atoms. The second kappa shape index (κ2) is 7.13. The Morgan fingerprint density at radius 2 is 2.06 bits per heavy atom. The SMILES string of the molecule is CC(C)CC(N)C(=O)NCc1cccc(CO)c1. The smallest absolute Gasteiger partial charge is 0.237 e. The van der Waals surface area contributed by atoms with Crippen molar-refractivity contribution in [2.75, 3.05) is 0 Å². The van der Waals surface area contributed by atoms with Crippen molar-refractivity contribution in [3.63, 3.8) is 0 Å². The van der Waals surface area contributed by atoms with Gasteiger partial charge in [0.1, 0.15) is 0 Å². The molecule has 100 valence electrons. The van der Waals surface area contributed by atoms with E-state index < -0.39 is 6.04 Å². The fourth-order valence-electron chi connectivity index (χ4n) is 1.77. The van der Waals surface area contributed by atoms with Crippen molar-refractivity contribution in [2.24, 2.45) is 11.7 Å². The number of amides is 1. The zero-order chi connectivity index (χ0) is 13.5. The zero-order valence-corrected chi connectivity index (χ0v) is 11.0. The van der Waals surface area contributed by atoms with Crippen LogP contribution in [0.3, 0.4) is 0 Å². The molecule has 1 atom stereocenters. The van der Waals surface area contributed by atoms with Gasteiger partial charge in [-0.15, -0.1) is 0 Å². The molecule has 0 heterocycles. The quantitative estimate of drug-likeness (QED) is 0.709. The van der Waals surface area contributed by atoms with Crippen molar-refractivity contribution < 1.29 is 9.90 Å². The molecule has 1 aromatic carbocycles. The Morgan fingerprint density at radius 3 is 2.67 bits per heavy atom. The van der Waals surface area contributed by atoms with Crippen LogP contribution < -0.4 is 11.1 Å². The van der Waals surface area contributed by atoms with Crippen LogP contribution in [0.2, 0.25) is 0 Å². The van der Waals surface area contributed by atoms with Gasteiger partial charge in [-0.1, -0.05) is 38.1 Å². The van der Waals surface area contributed by atoms with Crippen LogP contribution >= 0.6 is 0 Å². The van der Waals surface area contributed by atoms with Crippen LogP contribution in [0, 0.1) is 5.92 Å². The lowest BCUT2D eigenvalue weighted by Gasteiger charge is -2.14. The summed E-state index contributed by atoms with van der Waals surface area (Å²) in [6.07, 6.45) is 0.683. The van der Waals surface area contributed by atoms with Crippen LogP contribution in [0.4, 0.5) is 0 Å². The van der Waals surface area contributed by atoms with Gasteiger partial charge >= 0.3 is 0 Å². The third-order valence-corrected chi connectivity index (χ3v) is 2.70. The molecule has 0 aliphatic carbocycles. The number of hydrogen-bond donors (Lipinski definition) is 3. The van der Waals surface area contributed by atoms with Gasteiger partial charge in [0, 0.05) is 6.54 Å². The molecule has 0 fully saturated rings. The highest BCUT2D eigenvalue weighted by Gasteiger charge is 2.14. The van der Waals surface area contributed by atoms with Crippen molar-refractivity contribution in [2.45, 2.75) is 39.5 Å². The van der Waals surface area contributed by atoms with Crippen molar-refractivity contribution >= 4 is 5.91 Å². The maximum absolute atomic E-state index is 11.7. The van der Waals surface area contributed by atoms with E-state index in [0.717, 1.165) is 11.1 Å². The molecule has 0 aliphatic heterocycles. The molecule has 0 saturated heterocycles. The van der Waals surface area contributed by atoms with Gasteiger partial charge in [-0.25, -0.2) is 0 Å². The second-order valence-corrected chi connectivity index (χ2v) is 4.93. The molecule has 1 aromatic rings. The van der Waals surface area contributed by atoms with Crippen LogP contribution in [-0.2, 0) is 17.9 Å². The summed E-state index contributed by atoms with van der Waals surface area (Å²) in [4.78, 5) is 11.7. The molecule has 4 nitrogen and oxygen atoms in total. The van der Waals surface area contributed by atoms with E-state index in [0.29, 0.717) is 18.9 Å². The molecule has 1 unspecified atom stereocenters. The number of carbonyl (C=O) groups excluding carboxylic acids is 1. The Kier molecular flexibility index (Phi) is 5.82. The van der Waals surface area contributed by atoms with Crippen LogP contribution in [0.25, 0.3) is 0 Å². The summed E-state index contributed by atoms with van der Waals surface area (Å²) in [6, 6.07) is 7.03. The third kappa shape index (κ3) is 4.85. The molecule has 4 N–H and O–H groups in total. The Hall–Kier alpha value is -1.39. The van der Waals surface area contributed by atoms with Gasteiger partial charge in [-0.3, -0.25) is 4.79 Å². The summed E-state index contributed by atoms with van der Waals surface area (Å²) in [7, 11) is 0. The lowest BCUT2D eigenvalue weighted by molar-refractivity contribution is -0.122. The molecule has 4 heteroatoms. The van der Waals surface area contributed by atoms with E-state index >= 15 is 0 Å². The van der Waals surface area contributed by atoms with Crippen LogP contribution in [0.15, 0.2) is 24.3 Å². The minimum Gasteiger partial charge on any atom is -0.392 e. The zero-order valence-electron chi connectivity index (χ0n) is 11.0. The van der Waals surface area contributed by atoms with Crippen molar-refractivity contribution in [3.05, 3.63) is 35.4 Å². The molecule has 0 bridgehead atoms. The maximum atomic E-state index is 11.7. The molecule has 0 radical (unpaired) electrons. The molecule has 1 amide bonds. The highest BCUT2D eigenvalue weighted by Crippen LogP contribution is 2.06. The minimum absolute atomic E-state index is 0.00858. The van der Waals surface area contributed by atoms with E-state index in [2.05, 4.69) is 5.32 Å². The predicted molar refractivity (Wildman–Crippen MR) is 71.6 cm³/mol. The molecule has 0 aliphatic rings. The van der Waals surface area contributed by atoms with Gasteiger partial charge in [0.05, 0.1) is 12.6 Å². The summed E-state index contributed by atoms with van der Waals surface area (Å²) in [5.74, 6) is 0.279. The first-order valence-corrected chi connectivity index (χ1v) is 6.25. The maximum Gasteiger partial charge on any atom is 0.237 e. The highest BCUT2D eigenvalue weighted by atomic mass is 16.3. The van der Waals surface area contributed by atoms with Crippen LogP contribution in [0.5, 0.6) is 0 Å². The summed E-state index contributed by atoms with van der Waals surface area (Å²) in [5, 5.41) is 11.8. The summed E-state index contributed by atoms with van der Waals surface area (Å²) >= 11 is 0. The number of aliphatic hydroxyl groups excluding tert-OH is 1. The van der Waals surface area contributed by atoms with E-state index in [1.165, 1.54) is 0 Å². The molecular formula is C14H22N2O2. The number of aliphatic hydroxyl groups is 1. The van der Waals surface area contributed by atoms with Gasteiger partial charge in [0.25, 0.3) is 0 Å². The third-order valence-electron chi connectivity index (χ3n) is 2.70. The number of carbonyl (C=O) groups is 1. The first kappa shape index (κ1) is 14.7. The van der Waals surface area contributed by atoms with E-state index in [-0.39, 0.29) is 12.5 Å². The van der Waals surface area contributed by atoms with E-state index in [4.69, 9.17) is 10.8 Å². The van der Waals surface area contributed by atoms with Gasteiger partial charge in [-0.2, -0.15) is 0 Å². The summed E-state index contributed by atoms with van der Waals surface area (Å²) in [6.45, 7) is 4.53. The fraction of sp³-hybridized carbons (Fsp3) is 0.500. The van der Waals surface area contributed by atoms with Gasteiger partial charge < -0.3 is 16.2 Å². The summed E-state index contributed by atoms with van der Waals surface area (Å²) < 4.78 is 0. The second-order valence-electron chi connectivity index (χ2n) is 4.93. The number of nitrogens with one attached hydrogen (secondary N) is 1. The van der Waals surface area contributed by atoms with Crippen LogP contribution in [-0.4, -0.2) is 17.1 Å². The Balaban J connectivity index is 2.46. The standard InChI is InChI=1S/C14H22N2O2/c1-10(2)6-13(15)14(18)16-8-11-4-3-5-12(7-11)9-17/h3-5,7,10,13,17H,6,8-9,15H2,1-2H3,(H,16,18). The first-order valence-electron chi connectivity index (χ1n) is 6.25. The minimum atomic E-state index is -0.453. The van der Waals surface area contributed by atoms with Crippen molar-refractivity contribution in [3.8, 4) is 0 Å². The first-order chi connectivity index (χ1) is 8.52. The molecule has 0 spiro atoms. The Morgan fingerprint density at radius 1 is 1.39 bits per heavy atom. The monoisotopic (exact) mass is 250 g/mol. The lowest BCUT2D eigenvalue weighted by atomic mass is 10.0. The van der Waals surface area contributed by atoms with Crippen molar-refractivity contribution in [1.82, 2.24) is 5.32 Å². The number of hydrogen-bond acceptors (Lipinski definition) is 3. The summed E-state index contributed by atoms with van der Waals surface area (Å²) in [5.41, 5.74) is 7.59. The number of nitrogens with two attached hydrogens (primary N) is 1. The van der Waals surface area contributed by atoms with E-state index in [9.17, 15) is 4.79 Å². The molecule has 1 rings (SSSR count). The molecular weight excluding hydrogens is 228 g/mol. The van der Waals surface area contributed by atoms with Gasteiger partial charge in [-0.05, 0) is 23.5 Å². The van der Waals surface area contributed by atoms with Crippen molar-refractivity contribution in [1.29, 1.82) is 0 Å². The van der Waals surface area contributed by atoms with E-state index in [1.54, 1.807) is 0 Å². The lowest BCUT2D eigenvalue weighted by Crippen LogP contribution is -2.41. The molecule has 0 saturated carbocycles. The Labute approximate surface area is 108 Å².